The molecule has 2 aliphatic rings. The van der Waals surface area contributed by atoms with Gasteiger partial charge in [0.15, 0.2) is 0 Å². The molecule has 6 nitrogen and oxygen atoms in total. The van der Waals surface area contributed by atoms with Gasteiger partial charge < -0.3 is 15.5 Å². The number of likely N-dealkylation sites (tertiary alicyclic amines) is 1. The van der Waals surface area contributed by atoms with Gasteiger partial charge in [0, 0.05) is 37.2 Å². The lowest BCUT2D eigenvalue weighted by Gasteiger charge is -2.34. The highest BCUT2D eigenvalue weighted by Crippen LogP contribution is 2.21. The Balaban J connectivity index is 1.46. The highest BCUT2D eigenvalue weighted by molar-refractivity contribution is 5.94. The first-order valence-electron chi connectivity index (χ1n) is 11.0. The van der Waals surface area contributed by atoms with Crippen LogP contribution in [-0.2, 0) is 9.59 Å². The predicted molar refractivity (Wildman–Crippen MR) is 112 cm³/mol. The van der Waals surface area contributed by atoms with Crippen LogP contribution in [0.15, 0.2) is 30.3 Å². The number of rotatable bonds is 6. The average molecular weight is 400 g/mol. The van der Waals surface area contributed by atoms with E-state index in [2.05, 4.69) is 10.6 Å². The molecule has 2 unspecified atom stereocenters. The molecule has 1 aliphatic carbocycles. The van der Waals surface area contributed by atoms with Gasteiger partial charge in [0.25, 0.3) is 5.91 Å². The van der Waals surface area contributed by atoms with Crippen LogP contribution in [-0.4, -0.2) is 47.8 Å². The summed E-state index contributed by atoms with van der Waals surface area (Å²) in [6.45, 7) is 3.01. The molecule has 1 aromatic rings. The number of amides is 3. The van der Waals surface area contributed by atoms with Gasteiger partial charge in [-0.05, 0) is 44.7 Å². The van der Waals surface area contributed by atoms with E-state index in [-0.39, 0.29) is 36.1 Å². The Kier molecular flexibility index (Phi) is 7.67. The van der Waals surface area contributed by atoms with Gasteiger partial charge >= 0.3 is 0 Å². The third kappa shape index (κ3) is 6.31. The molecule has 1 saturated heterocycles. The molecule has 1 aromatic carbocycles. The minimum atomic E-state index is -0.258. The summed E-state index contributed by atoms with van der Waals surface area (Å²) in [6.07, 6.45) is 7.70. The van der Waals surface area contributed by atoms with E-state index in [0.717, 1.165) is 25.7 Å². The second kappa shape index (κ2) is 10.4. The molecular weight excluding hydrogens is 366 g/mol. The first-order valence-corrected chi connectivity index (χ1v) is 11.0. The lowest BCUT2D eigenvalue weighted by Crippen LogP contribution is -2.49. The van der Waals surface area contributed by atoms with Crippen LogP contribution in [0.25, 0.3) is 0 Å². The van der Waals surface area contributed by atoms with Crippen LogP contribution in [0.2, 0.25) is 0 Å². The molecule has 1 heterocycles. The SMILES string of the molecule is CC(CC(=O)N1CCCC(C(=O)NC2CCCCC2)C1)NC(=O)c1ccccc1. The maximum atomic E-state index is 12.7. The van der Waals surface area contributed by atoms with Gasteiger partial charge in [-0.3, -0.25) is 14.4 Å². The summed E-state index contributed by atoms with van der Waals surface area (Å²) in [5, 5.41) is 6.09. The highest BCUT2D eigenvalue weighted by atomic mass is 16.2. The zero-order valence-corrected chi connectivity index (χ0v) is 17.4. The van der Waals surface area contributed by atoms with Gasteiger partial charge in [0.2, 0.25) is 11.8 Å². The molecule has 1 aliphatic heterocycles. The minimum Gasteiger partial charge on any atom is -0.353 e. The fourth-order valence-corrected chi connectivity index (χ4v) is 4.32. The van der Waals surface area contributed by atoms with Crippen molar-refractivity contribution in [2.75, 3.05) is 13.1 Å². The number of nitrogens with one attached hydrogen (secondary N) is 2. The molecule has 2 fully saturated rings. The summed E-state index contributed by atoms with van der Waals surface area (Å²) in [4.78, 5) is 39.4. The zero-order chi connectivity index (χ0) is 20.6. The molecule has 2 N–H and O–H groups in total. The smallest absolute Gasteiger partial charge is 0.251 e. The summed E-state index contributed by atoms with van der Waals surface area (Å²) < 4.78 is 0. The predicted octanol–water partition coefficient (Wildman–Crippen LogP) is 2.88. The number of nitrogens with zero attached hydrogens (tertiary/aromatic N) is 1. The van der Waals surface area contributed by atoms with E-state index in [0.29, 0.717) is 24.7 Å². The largest absolute Gasteiger partial charge is 0.353 e. The van der Waals surface area contributed by atoms with Crippen molar-refractivity contribution in [3.05, 3.63) is 35.9 Å². The zero-order valence-electron chi connectivity index (χ0n) is 17.4. The summed E-state index contributed by atoms with van der Waals surface area (Å²) in [6, 6.07) is 9.05. The van der Waals surface area contributed by atoms with Gasteiger partial charge in [0.1, 0.15) is 0 Å². The van der Waals surface area contributed by atoms with E-state index >= 15 is 0 Å². The van der Waals surface area contributed by atoms with Crippen molar-refractivity contribution in [2.45, 2.75) is 70.4 Å². The lowest BCUT2D eigenvalue weighted by atomic mass is 9.93. The van der Waals surface area contributed by atoms with E-state index in [9.17, 15) is 14.4 Å². The Bertz CT molecular complexity index is 701. The van der Waals surface area contributed by atoms with Crippen molar-refractivity contribution >= 4 is 17.7 Å². The first kappa shape index (κ1) is 21.3. The summed E-state index contributed by atoms with van der Waals surface area (Å²) in [5.74, 6) is -0.195. The van der Waals surface area contributed by atoms with Crippen molar-refractivity contribution < 1.29 is 14.4 Å². The lowest BCUT2D eigenvalue weighted by molar-refractivity contribution is -0.136. The molecule has 0 spiro atoms. The fourth-order valence-electron chi connectivity index (χ4n) is 4.32. The maximum Gasteiger partial charge on any atom is 0.251 e. The van der Waals surface area contributed by atoms with E-state index in [1.54, 1.807) is 17.0 Å². The van der Waals surface area contributed by atoms with Crippen molar-refractivity contribution in [1.29, 1.82) is 0 Å². The van der Waals surface area contributed by atoms with E-state index < -0.39 is 0 Å². The molecule has 6 heteroatoms. The quantitative estimate of drug-likeness (QED) is 0.772. The van der Waals surface area contributed by atoms with Gasteiger partial charge in [-0.1, -0.05) is 37.5 Å². The summed E-state index contributed by atoms with van der Waals surface area (Å²) >= 11 is 0. The topological polar surface area (TPSA) is 78.5 Å². The number of hydrogen-bond donors (Lipinski definition) is 2. The monoisotopic (exact) mass is 399 g/mol. The van der Waals surface area contributed by atoms with Crippen molar-refractivity contribution in [3.63, 3.8) is 0 Å². The van der Waals surface area contributed by atoms with Crippen LogP contribution in [0.4, 0.5) is 0 Å². The Morgan fingerprint density at radius 2 is 1.76 bits per heavy atom. The summed E-state index contributed by atoms with van der Waals surface area (Å²) in [5.41, 5.74) is 0.587. The second-order valence-corrected chi connectivity index (χ2v) is 8.47. The molecule has 1 saturated carbocycles. The number of benzene rings is 1. The van der Waals surface area contributed by atoms with Crippen LogP contribution >= 0.6 is 0 Å². The molecule has 2 atom stereocenters. The Labute approximate surface area is 173 Å². The fraction of sp³-hybridized carbons (Fsp3) is 0.609. The van der Waals surface area contributed by atoms with Crippen LogP contribution in [0.5, 0.6) is 0 Å². The van der Waals surface area contributed by atoms with Crippen LogP contribution in [0.1, 0.15) is 68.6 Å². The molecule has 158 valence electrons. The van der Waals surface area contributed by atoms with Crippen molar-refractivity contribution in [3.8, 4) is 0 Å². The molecule has 3 amide bonds. The highest BCUT2D eigenvalue weighted by Gasteiger charge is 2.30. The molecule has 0 aromatic heterocycles. The normalized spacial score (nSPS) is 21.3. The maximum absolute atomic E-state index is 12.7. The van der Waals surface area contributed by atoms with Gasteiger partial charge in [0.05, 0.1) is 5.92 Å². The third-order valence-electron chi connectivity index (χ3n) is 5.99. The average Bonchev–Trinajstić information content (AvgIpc) is 2.75. The molecular formula is C23H33N3O3. The van der Waals surface area contributed by atoms with Crippen LogP contribution in [0.3, 0.4) is 0 Å². The van der Waals surface area contributed by atoms with Crippen molar-refractivity contribution in [1.82, 2.24) is 15.5 Å². The number of carbonyl (C=O) groups excluding carboxylic acids is 3. The van der Waals surface area contributed by atoms with Gasteiger partial charge in [-0.25, -0.2) is 0 Å². The molecule has 3 rings (SSSR count). The number of hydrogen-bond acceptors (Lipinski definition) is 3. The third-order valence-corrected chi connectivity index (χ3v) is 5.99. The standard InChI is InChI=1S/C23H33N3O3/c1-17(24-22(28)18-9-4-2-5-10-18)15-21(27)26-14-8-11-19(16-26)23(29)25-20-12-6-3-7-13-20/h2,4-5,9-10,17,19-20H,3,6-8,11-16H2,1H3,(H,24,28)(H,25,29). The van der Waals surface area contributed by atoms with Crippen LogP contribution in [0, 0.1) is 5.92 Å². The Morgan fingerprint density at radius 1 is 1.03 bits per heavy atom. The minimum absolute atomic E-state index is 0.000952. The Morgan fingerprint density at radius 3 is 2.48 bits per heavy atom. The molecule has 0 radical (unpaired) electrons. The van der Waals surface area contributed by atoms with E-state index in [4.69, 9.17) is 0 Å². The number of piperidine rings is 1. The number of carbonyl (C=O) groups is 3. The summed E-state index contributed by atoms with van der Waals surface area (Å²) in [7, 11) is 0. The van der Waals surface area contributed by atoms with E-state index in [1.165, 1.54) is 19.3 Å². The van der Waals surface area contributed by atoms with E-state index in [1.807, 2.05) is 25.1 Å². The Hall–Kier alpha value is -2.37. The molecule has 0 bridgehead atoms. The van der Waals surface area contributed by atoms with Gasteiger partial charge in [-0.15, -0.1) is 0 Å². The van der Waals surface area contributed by atoms with Crippen molar-refractivity contribution in [2.24, 2.45) is 5.92 Å². The first-order chi connectivity index (χ1) is 14.0. The second-order valence-electron chi connectivity index (χ2n) is 8.47. The van der Waals surface area contributed by atoms with Crippen LogP contribution < -0.4 is 10.6 Å². The van der Waals surface area contributed by atoms with Gasteiger partial charge in [-0.2, -0.15) is 0 Å². The molecule has 29 heavy (non-hydrogen) atoms.